The first kappa shape index (κ1) is 38.1. The molecule has 0 saturated carbocycles. The summed E-state index contributed by atoms with van der Waals surface area (Å²) in [4.78, 5) is 24.7. The number of ether oxygens (including phenoxy) is 2. The Morgan fingerprint density at radius 3 is 2.00 bits per heavy atom. The third-order valence-corrected chi connectivity index (χ3v) is 11.8. The van der Waals surface area contributed by atoms with Crippen molar-refractivity contribution >= 4 is 38.2 Å². The number of nitrogens with one attached hydrogen (secondary N) is 2. The Morgan fingerprint density at radius 1 is 0.793 bits per heavy atom. The maximum atomic E-state index is 13.7. The largest absolute Gasteiger partial charge is 0.456 e. The van der Waals surface area contributed by atoms with Gasteiger partial charge in [-0.3, -0.25) is 14.9 Å². The third-order valence-electron chi connectivity index (χ3n) is 10.4. The second-order valence-corrected chi connectivity index (χ2v) is 15.6. The summed E-state index contributed by atoms with van der Waals surface area (Å²) >= 11 is 0. The monoisotopic (exact) mass is 793 g/mol. The van der Waals surface area contributed by atoms with Gasteiger partial charge < -0.3 is 14.8 Å². The zero-order valence-corrected chi connectivity index (χ0v) is 32.0. The molecule has 0 bridgehead atoms. The predicted molar refractivity (Wildman–Crippen MR) is 221 cm³/mol. The number of carbonyl (C=O) groups is 1. The minimum absolute atomic E-state index is 0.0630. The maximum Gasteiger partial charge on any atom is 0.293 e. The molecule has 0 unspecified atom stereocenters. The fourth-order valence-electron chi connectivity index (χ4n) is 7.57. The second-order valence-electron chi connectivity index (χ2n) is 14.0. The van der Waals surface area contributed by atoms with Crippen LogP contribution in [0.15, 0.2) is 163 Å². The molecule has 0 atom stereocenters. The number of anilines is 1. The van der Waals surface area contributed by atoms with Gasteiger partial charge in [0, 0.05) is 25.8 Å². The topological polar surface area (TPSA) is 155 Å². The van der Waals surface area contributed by atoms with E-state index < -0.39 is 37.0 Å². The van der Waals surface area contributed by atoms with E-state index in [0.29, 0.717) is 30.9 Å². The molecule has 292 valence electrons. The van der Waals surface area contributed by atoms with Crippen LogP contribution in [-0.4, -0.2) is 48.8 Å². The number of benzene rings is 6. The highest BCUT2D eigenvalue weighted by molar-refractivity contribution is 7.90. The summed E-state index contributed by atoms with van der Waals surface area (Å²) in [5.74, 6) is -0.226. The van der Waals surface area contributed by atoms with Gasteiger partial charge >= 0.3 is 0 Å². The molecule has 58 heavy (non-hydrogen) atoms. The van der Waals surface area contributed by atoms with E-state index in [9.17, 15) is 23.3 Å². The molecule has 8 rings (SSSR count). The molecule has 1 aromatic heterocycles. The van der Waals surface area contributed by atoms with Gasteiger partial charge in [-0.2, -0.15) is 5.10 Å². The summed E-state index contributed by atoms with van der Waals surface area (Å²) < 4.78 is 43.0. The molecule has 1 fully saturated rings. The number of nitrogens with zero attached hydrogens (tertiary/aromatic N) is 3. The predicted octanol–water partition coefficient (Wildman–Crippen LogP) is 8.53. The van der Waals surface area contributed by atoms with Crippen LogP contribution in [0.1, 0.15) is 39.9 Å². The molecule has 2 N–H and O–H groups in total. The molecule has 1 aliphatic rings. The van der Waals surface area contributed by atoms with Gasteiger partial charge in [0.1, 0.15) is 22.7 Å². The number of hydrogen-bond donors (Lipinski definition) is 2. The minimum atomic E-state index is -4.55. The van der Waals surface area contributed by atoms with Crippen molar-refractivity contribution in [3.8, 4) is 11.5 Å². The fourth-order valence-corrected chi connectivity index (χ4v) is 8.55. The average Bonchev–Trinajstić information content (AvgIpc) is 3.70. The minimum Gasteiger partial charge on any atom is -0.456 e. The van der Waals surface area contributed by atoms with Gasteiger partial charge in [-0.15, -0.1) is 0 Å². The Kier molecular flexibility index (Phi) is 10.7. The van der Waals surface area contributed by atoms with Crippen molar-refractivity contribution in [1.29, 1.82) is 0 Å². The van der Waals surface area contributed by atoms with Gasteiger partial charge in [0.05, 0.1) is 32.5 Å². The van der Waals surface area contributed by atoms with Crippen LogP contribution in [0.3, 0.4) is 0 Å². The Labute approximate surface area is 335 Å². The van der Waals surface area contributed by atoms with Crippen LogP contribution in [0.2, 0.25) is 0 Å². The smallest absolute Gasteiger partial charge is 0.293 e. The van der Waals surface area contributed by atoms with Crippen molar-refractivity contribution in [2.24, 2.45) is 5.92 Å². The third kappa shape index (κ3) is 7.40. The number of nitro groups is 1. The Hall–Kier alpha value is -6.83. The number of sulfonamides is 1. The van der Waals surface area contributed by atoms with Gasteiger partial charge in [-0.05, 0) is 71.8 Å². The lowest BCUT2D eigenvalue weighted by atomic mass is 9.77. The second kappa shape index (κ2) is 16.3. The lowest BCUT2D eigenvalue weighted by Crippen LogP contribution is -2.38. The molecule has 0 radical (unpaired) electrons. The Morgan fingerprint density at radius 2 is 1.38 bits per heavy atom. The Balaban J connectivity index is 1.11. The van der Waals surface area contributed by atoms with Gasteiger partial charge in [-0.25, -0.2) is 17.8 Å². The van der Waals surface area contributed by atoms with E-state index in [4.69, 9.17) is 14.6 Å². The van der Waals surface area contributed by atoms with E-state index in [-0.39, 0.29) is 22.9 Å². The zero-order chi connectivity index (χ0) is 40.1. The van der Waals surface area contributed by atoms with Crippen LogP contribution in [0.25, 0.3) is 10.9 Å². The molecule has 0 spiro atoms. The van der Waals surface area contributed by atoms with Crippen molar-refractivity contribution in [2.45, 2.75) is 23.3 Å². The molecule has 1 aliphatic heterocycles. The van der Waals surface area contributed by atoms with E-state index in [1.54, 1.807) is 30.5 Å². The van der Waals surface area contributed by atoms with Crippen LogP contribution in [0.4, 0.5) is 11.4 Å². The number of carbonyl (C=O) groups excluding carboxylic acids is 1. The summed E-state index contributed by atoms with van der Waals surface area (Å²) in [5, 5.41) is 20.8. The summed E-state index contributed by atoms with van der Waals surface area (Å²) in [6, 6.07) is 45.7. The highest BCUT2D eigenvalue weighted by Gasteiger charge is 2.40. The molecule has 13 heteroatoms. The maximum absolute atomic E-state index is 13.7. The molecular formula is C45H39N5O7S. The first-order valence-electron chi connectivity index (χ1n) is 18.8. The molecule has 7 aromatic rings. The molecular weight excluding hydrogens is 755 g/mol. The molecule has 12 nitrogen and oxygen atoms in total. The van der Waals surface area contributed by atoms with Crippen molar-refractivity contribution < 1.29 is 27.6 Å². The summed E-state index contributed by atoms with van der Waals surface area (Å²) in [7, 11) is -4.55. The van der Waals surface area contributed by atoms with Crippen molar-refractivity contribution in [3.63, 3.8) is 0 Å². The quantitative estimate of drug-likeness (QED) is 0.0664. The molecule has 1 saturated heterocycles. The van der Waals surface area contributed by atoms with Crippen LogP contribution < -0.4 is 14.8 Å². The van der Waals surface area contributed by atoms with Gasteiger partial charge in [0.15, 0.2) is 0 Å². The van der Waals surface area contributed by atoms with Crippen LogP contribution in [0.5, 0.6) is 11.5 Å². The van der Waals surface area contributed by atoms with Gasteiger partial charge in [0.25, 0.3) is 21.6 Å². The number of aromatic nitrogens is 2. The van der Waals surface area contributed by atoms with Crippen LogP contribution in [0, 0.1) is 16.0 Å². The van der Waals surface area contributed by atoms with E-state index in [1.165, 1.54) is 18.2 Å². The van der Waals surface area contributed by atoms with Crippen molar-refractivity contribution in [3.05, 3.63) is 190 Å². The zero-order valence-electron chi connectivity index (χ0n) is 31.2. The van der Waals surface area contributed by atoms with Crippen molar-refractivity contribution in [2.75, 3.05) is 25.1 Å². The highest BCUT2D eigenvalue weighted by atomic mass is 32.2. The first-order chi connectivity index (χ1) is 28.3. The van der Waals surface area contributed by atoms with Crippen molar-refractivity contribution in [1.82, 2.24) is 14.5 Å². The highest BCUT2D eigenvalue weighted by Crippen LogP contribution is 2.43. The summed E-state index contributed by atoms with van der Waals surface area (Å²) in [6.45, 7) is 1.73. The number of para-hydroxylation sites is 1. The standard InChI is InChI=1S/C45H39N5O7S/c51-44(48-58(54,55)36-23-24-39(41(29-36)50(52)53)46-30-32-25-27-56-28-26-32)37-19-10-11-21-42(37)57-43-22-12-20-40-38(43)31-47-49(40)45(33-13-4-1-5-14-33,34-15-6-2-7-16-34)35-17-8-3-9-18-35/h1-24,29,31-32,46H,25-28,30H2,(H,48,51). The SMILES string of the molecule is O=C(NS(=O)(=O)c1ccc(NCC2CCOCC2)c([N+](=O)[O-])c1)c1ccccc1Oc1cccc2c1cnn2C(c1ccccc1)(c1ccccc1)c1ccccc1. The molecule has 0 aliphatic carbocycles. The van der Waals surface area contributed by atoms with Gasteiger partial charge in [0.2, 0.25) is 0 Å². The molecule has 6 aromatic carbocycles. The average molecular weight is 794 g/mol. The Bertz CT molecular complexity index is 2590. The first-order valence-corrected chi connectivity index (χ1v) is 20.3. The van der Waals surface area contributed by atoms with E-state index in [1.807, 2.05) is 71.4 Å². The summed E-state index contributed by atoms with van der Waals surface area (Å²) in [6.07, 6.45) is 3.36. The lowest BCUT2D eigenvalue weighted by molar-refractivity contribution is -0.384. The number of fused-ring (bicyclic) bond motifs is 1. The van der Waals surface area contributed by atoms with E-state index in [2.05, 4.69) is 46.4 Å². The molecule has 2 heterocycles. The fraction of sp³-hybridized carbons (Fsp3) is 0.156. The normalized spacial score (nSPS) is 13.5. The number of nitro benzene ring substituents is 1. The van der Waals surface area contributed by atoms with E-state index >= 15 is 0 Å². The van der Waals surface area contributed by atoms with Gasteiger partial charge in [-0.1, -0.05) is 109 Å². The number of hydrogen-bond acceptors (Lipinski definition) is 9. The number of amides is 1. The molecule has 1 amide bonds. The lowest BCUT2D eigenvalue weighted by Gasteiger charge is -2.37. The van der Waals surface area contributed by atoms with E-state index in [0.717, 1.165) is 41.1 Å². The van der Waals surface area contributed by atoms with Crippen LogP contribution in [-0.2, 0) is 20.3 Å². The summed E-state index contributed by atoms with van der Waals surface area (Å²) in [5.41, 5.74) is 2.50. The number of rotatable bonds is 13. The van der Waals surface area contributed by atoms with Crippen LogP contribution >= 0.6 is 0 Å².